The Balaban J connectivity index is 2.56. The second-order valence-electron chi connectivity index (χ2n) is 2.75. The molecule has 0 saturated carbocycles. The summed E-state index contributed by atoms with van der Waals surface area (Å²) < 4.78 is 0. The van der Waals surface area contributed by atoms with Crippen LogP contribution in [0.5, 0.6) is 0 Å². The Morgan fingerprint density at radius 3 is 2.62 bits per heavy atom. The average Bonchev–Trinajstić information content (AvgIpc) is 2.19. The third kappa shape index (κ3) is 3.11. The largest absolute Gasteiger partial charge is 0.326 e. The van der Waals surface area contributed by atoms with Gasteiger partial charge in [-0.05, 0) is 5.56 Å². The molecule has 0 spiro atoms. The SMILES string of the molecule is C=CCN([C]=O)Cc1ccccc1. The molecule has 67 valence electrons. The highest BCUT2D eigenvalue weighted by Gasteiger charge is 2.00. The van der Waals surface area contributed by atoms with Gasteiger partial charge in [-0.3, -0.25) is 4.79 Å². The summed E-state index contributed by atoms with van der Waals surface area (Å²) in [6.45, 7) is 4.70. The van der Waals surface area contributed by atoms with Crippen LogP contribution in [0.25, 0.3) is 0 Å². The van der Waals surface area contributed by atoms with Crippen molar-refractivity contribution in [1.29, 1.82) is 0 Å². The molecular weight excluding hydrogens is 162 g/mol. The topological polar surface area (TPSA) is 20.3 Å². The van der Waals surface area contributed by atoms with Crippen LogP contribution in [-0.4, -0.2) is 17.9 Å². The van der Waals surface area contributed by atoms with E-state index in [2.05, 4.69) is 6.58 Å². The van der Waals surface area contributed by atoms with Gasteiger partial charge in [0.25, 0.3) is 0 Å². The Kier molecular flexibility index (Phi) is 3.76. The fourth-order valence-corrected chi connectivity index (χ4v) is 1.09. The minimum Gasteiger partial charge on any atom is -0.326 e. The lowest BCUT2D eigenvalue weighted by Crippen LogP contribution is -2.20. The lowest BCUT2D eigenvalue weighted by molar-refractivity contribution is 0.403. The summed E-state index contributed by atoms with van der Waals surface area (Å²) in [6.07, 6.45) is 3.55. The summed E-state index contributed by atoms with van der Waals surface area (Å²) in [7, 11) is 0. The molecule has 13 heavy (non-hydrogen) atoms. The lowest BCUT2D eigenvalue weighted by Gasteiger charge is -2.13. The monoisotopic (exact) mass is 174 g/mol. The van der Waals surface area contributed by atoms with Crippen molar-refractivity contribution in [2.24, 2.45) is 0 Å². The first-order chi connectivity index (χ1) is 6.36. The second kappa shape index (κ2) is 5.14. The predicted octanol–water partition coefficient (Wildman–Crippen LogP) is 1.74. The van der Waals surface area contributed by atoms with Gasteiger partial charge in [0.05, 0.1) is 0 Å². The molecule has 0 unspecified atom stereocenters. The molecule has 0 saturated heterocycles. The summed E-state index contributed by atoms with van der Waals surface area (Å²) in [6, 6.07) is 9.81. The van der Waals surface area contributed by atoms with Crippen LogP contribution in [0.4, 0.5) is 0 Å². The molecule has 1 radical (unpaired) electrons. The number of benzene rings is 1. The normalized spacial score (nSPS) is 9.23. The molecule has 0 atom stereocenters. The Labute approximate surface area is 78.5 Å². The quantitative estimate of drug-likeness (QED) is 0.492. The summed E-state index contributed by atoms with van der Waals surface area (Å²) in [5.41, 5.74) is 1.10. The molecule has 0 bridgehead atoms. The molecule has 0 fully saturated rings. The third-order valence-electron chi connectivity index (χ3n) is 1.69. The molecule has 0 heterocycles. The average molecular weight is 174 g/mol. The van der Waals surface area contributed by atoms with Gasteiger partial charge in [0, 0.05) is 13.1 Å². The van der Waals surface area contributed by atoms with Crippen molar-refractivity contribution in [1.82, 2.24) is 4.90 Å². The maximum Gasteiger partial charge on any atom is 0.312 e. The van der Waals surface area contributed by atoms with E-state index in [0.29, 0.717) is 13.1 Å². The van der Waals surface area contributed by atoms with E-state index in [1.807, 2.05) is 36.7 Å². The first-order valence-corrected chi connectivity index (χ1v) is 4.14. The van der Waals surface area contributed by atoms with Gasteiger partial charge in [-0.2, -0.15) is 0 Å². The van der Waals surface area contributed by atoms with E-state index in [-0.39, 0.29) is 0 Å². The van der Waals surface area contributed by atoms with Gasteiger partial charge in [-0.15, -0.1) is 6.58 Å². The van der Waals surface area contributed by atoms with Gasteiger partial charge >= 0.3 is 6.41 Å². The third-order valence-corrected chi connectivity index (χ3v) is 1.69. The summed E-state index contributed by atoms with van der Waals surface area (Å²) in [4.78, 5) is 12.0. The molecule has 2 heteroatoms. The molecule has 0 aromatic heterocycles. The van der Waals surface area contributed by atoms with Crippen LogP contribution >= 0.6 is 0 Å². The van der Waals surface area contributed by atoms with Crippen LogP contribution in [0.2, 0.25) is 0 Å². The van der Waals surface area contributed by atoms with Gasteiger partial charge in [0.2, 0.25) is 0 Å². The van der Waals surface area contributed by atoms with Gasteiger partial charge < -0.3 is 4.90 Å². The fraction of sp³-hybridized carbons (Fsp3) is 0.182. The van der Waals surface area contributed by atoms with Crippen LogP contribution in [0, 0.1) is 0 Å². The van der Waals surface area contributed by atoms with Crippen LogP contribution in [0.3, 0.4) is 0 Å². The smallest absolute Gasteiger partial charge is 0.312 e. The van der Waals surface area contributed by atoms with E-state index in [4.69, 9.17) is 0 Å². The van der Waals surface area contributed by atoms with Crippen molar-refractivity contribution in [3.05, 3.63) is 48.6 Å². The van der Waals surface area contributed by atoms with Crippen molar-refractivity contribution in [3.63, 3.8) is 0 Å². The molecule has 1 aromatic carbocycles. The number of carbonyl (C=O) groups excluding carboxylic acids is 1. The molecule has 0 aliphatic carbocycles. The molecule has 2 nitrogen and oxygen atoms in total. The highest BCUT2D eigenvalue weighted by atomic mass is 16.1. The zero-order valence-electron chi connectivity index (χ0n) is 7.44. The van der Waals surface area contributed by atoms with Crippen molar-refractivity contribution in [2.45, 2.75) is 6.54 Å². The second-order valence-corrected chi connectivity index (χ2v) is 2.75. The van der Waals surface area contributed by atoms with E-state index in [1.54, 1.807) is 11.0 Å². The minimum absolute atomic E-state index is 0.540. The molecule has 1 aromatic rings. The van der Waals surface area contributed by atoms with E-state index in [1.165, 1.54) is 0 Å². The zero-order chi connectivity index (χ0) is 9.52. The van der Waals surface area contributed by atoms with Crippen LogP contribution in [-0.2, 0) is 11.3 Å². The first-order valence-electron chi connectivity index (χ1n) is 4.14. The Bertz CT molecular complexity index is 269. The number of hydrogen-bond acceptors (Lipinski definition) is 1. The number of hydrogen-bond donors (Lipinski definition) is 0. The number of nitrogens with zero attached hydrogens (tertiary/aromatic N) is 1. The Morgan fingerprint density at radius 1 is 1.38 bits per heavy atom. The van der Waals surface area contributed by atoms with Gasteiger partial charge in [0.15, 0.2) is 0 Å². The van der Waals surface area contributed by atoms with E-state index in [9.17, 15) is 4.79 Å². The molecule has 0 aliphatic heterocycles. The van der Waals surface area contributed by atoms with Gasteiger partial charge in [-0.25, -0.2) is 0 Å². The lowest BCUT2D eigenvalue weighted by atomic mass is 10.2. The maximum absolute atomic E-state index is 10.5. The molecule has 0 N–H and O–H groups in total. The van der Waals surface area contributed by atoms with Gasteiger partial charge in [-0.1, -0.05) is 36.4 Å². The van der Waals surface area contributed by atoms with Crippen LogP contribution in [0.1, 0.15) is 5.56 Å². The van der Waals surface area contributed by atoms with Crippen molar-refractivity contribution < 1.29 is 4.79 Å². The predicted molar refractivity (Wildman–Crippen MR) is 52.7 cm³/mol. The minimum atomic E-state index is 0.540. The van der Waals surface area contributed by atoms with Crippen LogP contribution in [0.15, 0.2) is 43.0 Å². The van der Waals surface area contributed by atoms with E-state index >= 15 is 0 Å². The van der Waals surface area contributed by atoms with Crippen molar-refractivity contribution in [2.75, 3.05) is 6.54 Å². The molecule has 1 amide bonds. The highest BCUT2D eigenvalue weighted by molar-refractivity contribution is 5.48. The molecule has 1 rings (SSSR count). The van der Waals surface area contributed by atoms with E-state index < -0.39 is 0 Å². The van der Waals surface area contributed by atoms with Crippen LogP contribution < -0.4 is 0 Å². The van der Waals surface area contributed by atoms with Crippen molar-refractivity contribution in [3.8, 4) is 0 Å². The van der Waals surface area contributed by atoms with Gasteiger partial charge in [0.1, 0.15) is 0 Å². The molecular formula is C11H12NO. The Hall–Kier alpha value is -1.57. The number of amides is 1. The summed E-state index contributed by atoms with van der Waals surface area (Å²) in [5.74, 6) is 0. The highest BCUT2D eigenvalue weighted by Crippen LogP contribution is 2.01. The Morgan fingerprint density at radius 2 is 2.08 bits per heavy atom. The number of rotatable bonds is 5. The summed E-state index contributed by atoms with van der Waals surface area (Å²) >= 11 is 0. The maximum atomic E-state index is 10.5. The van der Waals surface area contributed by atoms with E-state index in [0.717, 1.165) is 5.56 Å². The fourth-order valence-electron chi connectivity index (χ4n) is 1.09. The zero-order valence-corrected chi connectivity index (χ0v) is 7.44. The standard InChI is InChI=1S/C11H12NO/c1-2-8-12(10-13)9-11-6-4-3-5-7-11/h2-7H,1,8-9H2. The molecule has 0 aliphatic rings. The first kappa shape index (κ1) is 9.52. The summed E-state index contributed by atoms with van der Waals surface area (Å²) in [5, 5.41) is 0. The van der Waals surface area contributed by atoms with Crippen molar-refractivity contribution >= 4 is 6.41 Å².